The number of anilines is 1. The molecule has 1 aliphatic rings. The first-order valence-electron chi connectivity index (χ1n) is 8.76. The van der Waals surface area contributed by atoms with Crippen molar-refractivity contribution < 1.29 is 19.1 Å². The Morgan fingerprint density at radius 3 is 2.61 bits per heavy atom. The quantitative estimate of drug-likeness (QED) is 0.598. The van der Waals surface area contributed by atoms with Gasteiger partial charge in [0.2, 0.25) is 0 Å². The number of rotatable bonds is 6. The van der Waals surface area contributed by atoms with Crippen LogP contribution in [0.3, 0.4) is 0 Å². The monoisotopic (exact) mass is 398 g/mol. The van der Waals surface area contributed by atoms with Crippen molar-refractivity contribution in [2.75, 3.05) is 39.3 Å². The molecule has 0 aliphatic carbocycles. The van der Waals surface area contributed by atoms with Gasteiger partial charge in [0.25, 0.3) is 11.8 Å². The van der Waals surface area contributed by atoms with E-state index in [-0.39, 0.29) is 11.8 Å². The maximum Gasteiger partial charge on any atom is 0.264 e. The Labute approximate surface area is 168 Å². The number of carbonyl (C=O) groups is 2. The third kappa shape index (κ3) is 4.37. The third-order valence-electron chi connectivity index (χ3n) is 4.32. The number of carbonyl (C=O) groups excluding carboxylic acids is 2. The summed E-state index contributed by atoms with van der Waals surface area (Å²) in [6.07, 6.45) is 1.86. The molecule has 146 valence electrons. The number of likely N-dealkylation sites (N-methyl/N-ethyl adjacent to an activating group) is 1. The summed E-state index contributed by atoms with van der Waals surface area (Å²) in [6.45, 7) is 0.884. The summed E-state index contributed by atoms with van der Waals surface area (Å²) in [6, 6.07) is 12.9. The van der Waals surface area contributed by atoms with Crippen LogP contribution in [-0.4, -0.2) is 46.2 Å². The predicted octanol–water partition coefficient (Wildman–Crippen LogP) is 3.18. The number of hydrogen-bond donors (Lipinski definition) is 1. The fourth-order valence-electron chi connectivity index (χ4n) is 2.76. The van der Waals surface area contributed by atoms with Crippen molar-refractivity contribution in [2.24, 2.45) is 0 Å². The molecule has 1 N–H and O–H groups in total. The van der Waals surface area contributed by atoms with E-state index in [0.717, 1.165) is 21.9 Å². The summed E-state index contributed by atoms with van der Waals surface area (Å²) in [5, 5.41) is 2.79. The van der Waals surface area contributed by atoms with Crippen LogP contribution in [0.2, 0.25) is 0 Å². The molecule has 2 amide bonds. The number of ether oxygens (including phenoxy) is 2. The topological polar surface area (TPSA) is 67.9 Å². The third-order valence-corrected chi connectivity index (χ3v) is 5.40. The van der Waals surface area contributed by atoms with Gasteiger partial charge in [-0.2, -0.15) is 0 Å². The summed E-state index contributed by atoms with van der Waals surface area (Å²) in [5.41, 5.74) is 2.15. The van der Waals surface area contributed by atoms with Crippen molar-refractivity contribution in [1.29, 1.82) is 0 Å². The molecule has 6 nitrogen and oxygen atoms in total. The van der Waals surface area contributed by atoms with Crippen molar-refractivity contribution >= 4 is 35.3 Å². The van der Waals surface area contributed by atoms with Crippen LogP contribution in [-0.2, 0) is 9.53 Å². The molecule has 0 spiro atoms. The minimum atomic E-state index is -0.190. The second-order valence-corrected chi connectivity index (χ2v) is 7.26. The lowest BCUT2D eigenvalue weighted by molar-refractivity contribution is -0.114. The van der Waals surface area contributed by atoms with Crippen LogP contribution in [0.15, 0.2) is 52.3 Å². The number of methoxy groups -OCH3 is 2. The first kappa shape index (κ1) is 20.0. The minimum absolute atomic E-state index is 0.106. The number of nitrogens with zero attached hydrogens (tertiary/aromatic N) is 1. The lowest BCUT2D eigenvalue weighted by Gasteiger charge is -2.27. The van der Waals surface area contributed by atoms with E-state index in [1.807, 2.05) is 36.4 Å². The molecule has 0 radical (unpaired) electrons. The largest absolute Gasteiger partial charge is 0.497 e. The van der Waals surface area contributed by atoms with E-state index in [1.165, 1.54) is 11.8 Å². The van der Waals surface area contributed by atoms with Gasteiger partial charge >= 0.3 is 0 Å². The first-order valence-corrected chi connectivity index (χ1v) is 9.58. The molecule has 1 aliphatic heterocycles. The molecule has 7 heteroatoms. The van der Waals surface area contributed by atoms with E-state index in [2.05, 4.69) is 5.32 Å². The number of benzene rings is 2. The second kappa shape index (κ2) is 8.95. The number of hydrogen-bond acceptors (Lipinski definition) is 5. The van der Waals surface area contributed by atoms with Gasteiger partial charge in [0.1, 0.15) is 5.75 Å². The zero-order valence-electron chi connectivity index (χ0n) is 16.0. The molecule has 2 aromatic rings. The Kier molecular flexibility index (Phi) is 6.38. The summed E-state index contributed by atoms with van der Waals surface area (Å²) >= 11 is 1.40. The van der Waals surface area contributed by atoms with E-state index in [0.29, 0.717) is 23.6 Å². The van der Waals surface area contributed by atoms with Crippen LogP contribution in [0.5, 0.6) is 5.75 Å². The van der Waals surface area contributed by atoms with Crippen LogP contribution >= 0.6 is 11.8 Å². The van der Waals surface area contributed by atoms with Gasteiger partial charge < -0.3 is 19.7 Å². The number of thioether (sulfide) groups is 1. The maximum absolute atomic E-state index is 12.8. The fraction of sp³-hybridized carbons (Fsp3) is 0.238. The zero-order chi connectivity index (χ0) is 20.1. The van der Waals surface area contributed by atoms with Crippen LogP contribution in [0.4, 0.5) is 5.69 Å². The average Bonchev–Trinajstić information content (AvgIpc) is 2.72. The summed E-state index contributed by atoms with van der Waals surface area (Å²) in [4.78, 5) is 28.2. The molecule has 0 fully saturated rings. The maximum atomic E-state index is 12.8. The van der Waals surface area contributed by atoms with Crippen molar-refractivity contribution in [3.63, 3.8) is 0 Å². The Balaban J connectivity index is 1.83. The molecular formula is C21H22N2O4S. The minimum Gasteiger partial charge on any atom is -0.497 e. The standard InChI is InChI=1S/C21H22N2O4S/c1-23-17-13-15(20(24)22-10-11-26-2)6-9-18(17)28-19(21(23)25)12-14-4-7-16(27-3)8-5-14/h4-9,12-13H,10-11H2,1-3H3,(H,22,24). The van der Waals surface area contributed by atoms with Gasteiger partial charge in [-0.25, -0.2) is 0 Å². The molecule has 0 unspecified atom stereocenters. The van der Waals surface area contributed by atoms with E-state index in [1.54, 1.807) is 38.3 Å². The molecule has 0 bridgehead atoms. The molecular weight excluding hydrogens is 376 g/mol. The molecule has 0 saturated heterocycles. The van der Waals surface area contributed by atoms with Gasteiger partial charge in [-0.05, 0) is 42.0 Å². The van der Waals surface area contributed by atoms with Crippen LogP contribution < -0.4 is 15.0 Å². The lowest BCUT2D eigenvalue weighted by atomic mass is 10.1. The summed E-state index contributed by atoms with van der Waals surface area (Å²) in [5.74, 6) is 0.471. The summed E-state index contributed by atoms with van der Waals surface area (Å²) < 4.78 is 10.1. The van der Waals surface area contributed by atoms with Crippen molar-refractivity contribution in [3.8, 4) is 5.75 Å². The van der Waals surface area contributed by atoms with Crippen molar-refractivity contribution in [3.05, 3.63) is 58.5 Å². The van der Waals surface area contributed by atoms with E-state index < -0.39 is 0 Å². The molecule has 0 aromatic heterocycles. The van der Waals surface area contributed by atoms with E-state index >= 15 is 0 Å². The van der Waals surface area contributed by atoms with Crippen LogP contribution in [0, 0.1) is 0 Å². The van der Waals surface area contributed by atoms with E-state index in [9.17, 15) is 9.59 Å². The van der Waals surface area contributed by atoms with Crippen LogP contribution in [0.1, 0.15) is 15.9 Å². The van der Waals surface area contributed by atoms with Gasteiger partial charge in [-0.1, -0.05) is 23.9 Å². The number of amides is 2. The highest BCUT2D eigenvalue weighted by atomic mass is 32.2. The molecule has 3 rings (SSSR count). The number of nitrogens with one attached hydrogen (secondary N) is 1. The van der Waals surface area contributed by atoms with Crippen molar-refractivity contribution in [2.45, 2.75) is 4.90 Å². The fourth-order valence-corrected chi connectivity index (χ4v) is 3.85. The Bertz CT molecular complexity index is 909. The van der Waals surface area contributed by atoms with Crippen LogP contribution in [0.25, 0.3) is 6.08 Å². The Morgan fingerprint density at radius 2 is 1.93 bits per heavy atom. The van der Waals surface area contributed by atoms with Gasteiger partial charge in [0, 0.05) is 31.2 Å². The van der Waals surface area contributed by atoms with Crippen molar-refractivity contribution in [1.82, 2.24) is 5.32 Å². The van der Waals surface area contributed by atoms with Gasteiger partial charge in [-0.3, -0.25) is 9.59 Å². The molecule has 0 atom stereocenters. The zero-order valence-corrected chi connectivity index (χ0v) is 16.8. The average molecular weight is 398 g/mol. The number of fused-ring (bicyclic) bond motifs is 1. The van der Waals surface area contributed by atoms with E-state index in [4.69, 9.17) is 9.47 Å². The molecule has 2 aromatic carbocycles. The molecule has 0 saturated carbocycles. The Hall–Kier alpha value is -2.77. The highest BCUT2D eigenvalue weighted by molar-refractivity contribution is 8.04. The molecule has 1 heterocycles. The highest BCUT2D eigenvalue weighted by Crippen LogP contribution is 2.42. The SMILES string of the molecule is COCCNC(=O)c1ccc2c(c1)N(C)C(=O)C(=Cc1ccc(OC)cc1)S2. The highest BCUT2D eigenvalue weighted by Gasteiger charge is 2.27. The normalized spacial score (nSPS) is 14.8. The lowest BCUT2D eigenvalue weighted by Crippen LogP contribution is -2.31. The van der Waals surface area contributed by atoms with Gasteiger partial charge in [0.05, 0.1) is 24.3 Å². The second-order valence-electron chi connectivity index (χ2n) is 6.18. The molecule has 28 heavy (non-hydrogen) atoms. The Morgan fingerprint density at radius 1 is 1.18 bits per heavy atom. The predicted molar refractivity (Wildman–Crippen MR) is 111 cm³/mol. The van der Waals surface area contributed by atoms with Gasteiger partial charge in [0.15, 0.2) is 0 Å². The smallest absolute Gasteiger partial charge is 0.264 e. The summed E-state index contributed by atoms with van der Waals surface area (Å²) in [7, 11) is 4.92. The van der Waals surface area contributed by atoms with Gasteiger partial charge in [-0.15, -0.1) is 0 Å². The first-order chi connectivity index (χ1) is 13.5.